The van der Waals surface area contributed by atoms with Crippen LogP contribution < -0.4 is 5.32 Å². The van der Waals surface area contributed by atoms with Gasteiger partial charge in [0.15, 0.2) is 0 Å². The number of benzene rings is 1. The fourth-order valence-electron chi connectivity index (χ4n) is 1.69. The molecule has 0 saturated carbocycles. The minimum Gasteiger partial charge on any atom is -0.478 e. The van der Waals surface area contributed by atoms with Crippen molar-refractivity contribution in [3.63, 3.8) is 0 Å². The van der Waals surface area contributed by atoms with Crippen LogP contribution in [0.4, 0.5) is 10.5 Å². The Bertz CT molecular complexity index is 525. The van der Waals surface area contributed by atoms with Gasteiger partial charge < -0.3 is 15.3 Å². The monoisotopic (exact) mass is 330 g/mol. The van der Waals surface area contributed by atoms with E-state index < -0.39 is 5.97 Å². The molecule has 5 nitrogen and oxygen atoms in total. The third kappa shape index (κ3) is 5.13. The molecule has 116 valence electrons. The molecule has 1 atom stereocenters. The number of aromatic carboxylic acids is 1. The molecule has 0 aliphatic carbocycles. The van der Waals surface area contributed by atoms with Gasteiger partial charge in [-0.2, -0.15) is 11.8 Å². The van der Waals surface area contributed by atoms with Crippen LogP contribution in [-0.4, -0.2) is 47.1 Å². The van der Waals surface area contributed by atoms with Gasteiger partial charge in [-0.1, -0.05) is 11.6 Å². The number of thioether (sulfide) groups is 1. The van der Waals surface area contributed by atoms with Gasteiger partial charge in [0.25, 0.3) is 0 Å². The largest absolute Gasteiger partial charge is 0.478 e. The van der Waals surface area contributed by atoms with Gasteiger partial charge in [-0.25, -0.2) is 9.59 Å². The summed E-state index contributed by atoms with van der Waals surface area (Å²) < 4.78 is 0. The molecule has 1 unspecified atom stereocenters. The molecule has 0 aliphatic rings. The van der Waals surface area contributed by atoms with Gasteiger partial charge in [-0.3, -0.25) is 0 Å². The number of carboxylic acids is 1. The molecule has 0 spiro atoms. The molecule has 0 fully saturated rings. The van der Waals surface area contributed by atoms with Gasteiger partial charge >= 0.3 is 12.0 Å². The lowest BCUT2D eigenvalue weighted by Crippen LogP contribution is -2.38. The van der Waals surface area contributed by atoms with Crippen LogP contribution in [0.15, 0.2) is 18.2 Å². The van der Waals surface area contributed by atoms with Crippen LogP contribution in [-0.2, 0) is 0 Å². The molecule has 0 bridgehead atoms. The van der Waals surface area contributed by atoms with E-state index in [2.05, 4.69) is 5.32 Å². The van der Waals surface area contributed by atoms with Crippen molar-refractivity contribution in [3.8, 4) is 0 Å². The third-order valence-corrected chi connectivity index (χ3v) is 4.05. The first-order chi connectivity index (χ1) is 9.86. The zero-order valence-corrected chi connectivity index (χ0v) is 13.8. The average Bonchev–Trinajstić information content (AvgIpc) is 2.45. The van der Waals surface area contributed by atoms with Crippen molar-refractivity contribution in [1.29, 1.82) is 0 Å². The number of carboxylic acid groups (broad SMARTS) is 1. The van der Waals surface area contributed by atoms with Crippen molar-refractivity contribution in [2.24, 2.45) is 0 Å². The standard InChI is InChI=1S/C14H19ClN2O3S/c1-9(6-7-21-3)17(2)14(20)16-12-5-4-10(15)8-11(12)13(18)19/h4-5,8-9H,6-7H2,1-3H3,(H,16,20)(H,18,19). The minimum atomic E-state index is -1.13. The molecular formula is C14H19ClN2O3S. The van der Waals surface area contributed by atoms with Crippen LogP contribution in [0.2, 0.25) is 5.02 Å². The minimum absolute atomic E-state index is 0.0268. The Morgan fingerprint density at radius 3 is 2.71 bits per heavy atom. The fourth-order valence-corrected chi connectivity index (χ4v) is 2.44. The molecule has 0 aromatic heterocycles. The number of halogens is 1. The van der Waals surface area contributed by atoms with Crippen molar-refractivity contribution >= 4 is 41.1 Å². The zero-order valence-electron chi connectivity index (χ0n) is 12.2. The van der Waals surface area contributed by atoms with Crippen LogP contribution in [0.5, 0.6) is 0 Å². The maximum atomic E-state index is 12.2. The van der Waals surface area contributed by atoms with Gasteiger partial charge in [-0.15, -0.1) is 0 Å². The van der Waals surface area contributed by atoms with Crippen molar-refractivity contribution in [2.75, 3.05) is 24.4 Å². The van der Waals surface area contributed by atoms with E-state index in [4.69, 9.17) is 16.7 Å². The topological polar surface area (TPSA) is 69.6 Å². The maximum Gasteiger partial charge on any atom is 0.337 e. The SMILES string of the molecule is CSCCC(C)N(C)C(=O)Nc1ccc(Cl)cc1C(=O)O. The van der Waals surface area contributed by atoms with Gasteiger partial charge in [-0.05, 0) is 43.6 Å². The number of rotatable bonds is 6. The highest BCUT2D eigenvalue weighted by Gasteiger charge is 2.18. The van der Waals surface area contributed by atoms with Crippen molar-refractivity contribution in [3.05, 3.63) is 28.8 Å². The highest BCUT2D eigenvalue weighted by molar-refractivity contribution is 7.98. The summed E-state index contributed by atoms with van der Waals surface area (Å²) in [4.78, 5) is 24.9. The lowest BCUT2D eigenvalue weighted by atomic mass is 10.2. The lowest BCUT2D eigenvalue weighted by molar-refractivity contribution is 0.0698. The van der Waals surface area contributed by atoms with E-state index in [1.54, 1.807) is 29.8 Å². The van der Waals surface area contributed by atoms with E-state index in [9.17, 15) is 9.59 Å². The Hall–Kier alpha value is -1.40. The molecule has 7 heteroatoms. The second-order valence-electron chi connectivity index (χ2n) is 4.67. The number of amides is 2. The highest BCUT2D eigenvalue weighted by Crippen LogP contribution is 2.21. The summed E-state index contributed by atoms with van der Waals surface area (Å²) in [6.07, 6.45) is 2.89. The van der Waals surface area contributed by atoms with Crippen molar-refractivity contribution in [2.45, 2.75) is 19.4 Å². The van der Waals surface area contributed by atoms with E-state index in [1.165, 1.54) is 12.1 Å². The first kappa shape index (κ1) is 17.7. The van der Waals surface area contributed by atoms with Crippen LogP contribution >= 0.6 is 23.4 Å². The number of urea groups is 1. The first-order valence-corrected chi connectivity index (χ1v) is 8.19. The number of hydrogen-bond donors (Lipinski definition) is 2. The number of nitrogens with zero attached hydrogens (tertiary/aromatic N) is 1. The van der Waals surface area contributed by atoms with E-state index in [0.717, 1.165) is 12.2 Å². The fraction of sp³-hybridized carbons (Fsp3) is 0.429. The molecule has 0 aliphatic heterocycles. The number of carbonyl (C=O) groups is 2. The van der Waals surface area contributed by atoms with E-state index in [1.807, 2.05) is 13.2 Å². The van der Waals surface area contributed by atoms with E-state index in [-0.39, 0.29) is 23.3 Å². The Kier molecular flexibility index (Phi) is 6.84. The number of hydrogen-bond acceptors (Lipinski definition) is 3. The molecule has 1 rings (SSSR count). The summed E-state index contributed by atoms with van der Waals surface area (Å²) in [6, 6.07) is 4.08. The van der Waals surface area contributed by atoms with E-state index >= 15 is 0 Å². The smallest absolute Gasteiger partial charge is 0.337 e. The van der Waals surface area contributed by atoms with Crippen molar-refractivity contribution in [1.82, 2.24) is 4.90 Å². The summed E-state index contributed by atoms with van der Waals surface area (Å²) in [5.74, 6) is -0.175. The van der Waals surface area contributed by atoms with Gasteiger partial charge in [0, 0.05) is 18.1 Å². The Labute approximate surface area is 133 Å². The Morgan fingerprint density at radius 1 is 1.48 bits per heavy atom. The molecule has 2 amide bonds. The molecule has 0 saturated heterocycles. The molecule has 0 radical (unpaired) electrons. The molecule has 1 aromatic carbocycles. The summed E-state index contributed by atoms with van der Waals surface area (Å²) in [6.45, 7) is 1.95. The molecule has 1 aromatic rings. The zero-order chi connectivity index (χ0) is 16.0. The van der Waals surface area contributed by atoms with Gasteiger partial charge in [0.2, 0.25) is 0 Å². The third-order valence-electron chi connectivity index (χ3n) is 3.17. The van der Waals surface area contributed by atoms with Gasteiger partial charge in [0.1, 0.15) is 0 Å². The second kappa shape index (κ2) is 8.14. The summed E-state index contributed by atoms with van der Waals surface area (Å²) in [7, 11) is 1.69. The predicted molar refractivity (Wildman–Crippen MR) is 87.7 cm³/mol. The molecule has 2 N–H and O–H groups in total. The highest BCUT2D eigenvalue weighted by atomic mass is 35.5. The Balaban J connectivity index is 2.81. The van der Waals surface area contributed by atoms with Crippen LogP contribution in [0.3, 0.4) is 0 Å². The quantitative estimate of drug-likeness (QED) is 0.835. The Morgan fingerprint density at radius 2 is 2.14 bits per heavy atom. The number of anilines is 1. The van der Waals surface area contributed by atoms with E-state index in [0.29, 0.717) is 5.02 Å². The second-order valence-corrected chi connectivity index (χ2v) is 6.09. The summed E-state index contributed by atoms with van der Waals surface area (Å²) >= 11 is 7.50. The number of nitrogens with one attached hydrogen (secondary N) is 1. The van der Waals surface area contributed by atoms with Crippen molar-refractivity contribution < 1.29 is 14.7 Å². The predicted octanol–water partition coefficient (Wildman–Crippen LogP) is 3.64. The summed E-state index contributed by atoms with van der Waals surface area (Å²) in [5, 5.41) is 12.1. The van der Waals surface area contributed by atoms with Gasteiger partial charge in [0.05, 0.1) is 11.3 Å². The maximum absolute atomic E-state index is 12.2. The first-order valence-electron chi connectivity index (χ1n) is 6.42. The van der Waals surface area contributed by atoms with Crippen LogP contribution in [0.25, 0.3) is 0 Å². The molecule has 21 heavy (non-hydrogen) atoms. The van der Waals surface area contributed by atoms with Crippen LogP contribution in [0, 0.1) is 0 Å². The lowest BCUT2D eigenvalue weighted by Gasteiger charge is -2.25. The van der Waals surface area contributed by atoms with Crippen LogP contribution in [0.1, 0.15) is 23.7 Å². The molecular weight excluding hydrogens is 312 g/mol. The average molecular weight is 331 g/mol. The summed E-state index contributed by atoms with van der Waals surface area (Å²) in [5.41, 5.74) is 0.210. The number of carbonyl (C=O) groups excluding carboxylic acids is 1. The molecule has 0 heterocycles. The normalized spacial score (nSPS) is 11.8.